The minimum absolute atomic E-state index is 0.0266. The summed E-state index contributed by atoms with van der Waals surface area (Å²) in [7, 11) is 1.45. The van der Waals surface area contributed by atoms with E-state index in [0.717, 1.165) is 30.5 Å². The molecule has 0 aliphatic carbocycles. The number of amides is 1. The van der Waals surface area contributed by atoms with Crippen LogP contribution in [0.1, 0.15) is 52.7 Å². The van der Waals surface area contributed by atoms with Gasteiger partial charge in [0.2, 0.25) is 5.95 Å². The first-order chi connectivity index (χ1) is 21.7. The second-order valence-corrected chi connectivity index (χ2v) is 10.8. The number of carbonyl (C=O) groups excluding carboxylic acids is 1. The molecule has 1 aliphatic rings. The van der Waals surface area contributed by atoms with Crippen molar-refractivity contribution in [2.24, 2.45) is 0 Å². The zero-order valence-electron chi connectivity index (χ0n) is 25.2. The molecule has 1 unspecified atom stereocenters. The van der Waals surface area contributed by atoms with Crippen molar-refractivity contribution in [3.63, 3.8) is 0 Å². The van der Waals surface area contributed by atoms with Crippen molar-refractivity contribution in [2.75, 3.05) is 36.1 Å². The Kier molecular flexibility index (Phi) is 9.86. The van der Waals surface area contributed by atoms with Crippen LogP contribution in [-0.2, 0) is 12.7 Å². The summed E-state index contributed by atoms with van der Waals surface area (Å²) in [6.07, 6.45) is 2.62. The van der Waals surface area contributed by atoms with Gasteiger partial charge < -0.3 is 26.2 Å². The Morgan fingerprint density at radius 1 is 1.02 bits per heavy atom. The number of benzene rings is 3. The number of hydrogen-bond donors (Lipinski definition) is 4. The molecule has 2 heterocycles. The number of nitrogens with zero attached hydrogens (tertiary/aromatic N) is 3. The average molecular weight is 616 g/mol. The van der Waals surface area contributed by atoms with Gasteiger partial charge in [-0.25, -0.2) is 4.98 Å². The second kappa shape index (κ2) is 14.1. The van der Waals surface area contributed by atoms with E-state index in [2.05, 4.69) is 72.7 Å². The van der Waals surface area contributed by atoms with Gasteiger partial charge in [-0.3, -0.25) is 4.79 Å². The van der Waals surface area contributed by atoms with Gasteiger partial charge >= 0.3 is 6.18 Å². The van der Waals surface area contributed by atoms with Crippen LogP contribution in [0.4, 0.5) is 42.0 Å². The van der Waals surface area contributed by atoms with E-state index in [-0.39, 0.29) is 17.2 Å². The number of nitrogens with one attached hydrogen (secondary N) is 4. The molecule has 0 bridgehead atoms. The van der Waals surface area contributed by atoms with Gasteiger partial charge in [-0.2, -0.15) is 18.2 Å². The molecule has 3 aromatic carbocycles. The number of rotatable bonds is 10. The maximum Gasteiger partial charge on any atom is 0.421 e. The highest BCUT2D eigenvalue weighted by Gasteiger charge is 2.35. The van der Waals surface area contributed by atoms with Crippen molar-refractivity contribution in [2.45, 2.75) is 38.4 Å². The first-order valence-electron chi connectivity index (χ1n) is 14.8. The predicted octanol–water partition coefficient (Wildman–Crippen LogP) is 7.67. The minimum Gasteiger partial charge on any atom is -0.381 e. The predicted molar refractivity (Wildman–Crippen MR) is 172 cm³/mol. The molecule has 4 aromatic rings. The molecule has 1 aromatic heterocycles. The number of hydrogen-bond acceptors (Lipinski definition) is 7. The number of carbonyl (C=O) groups is 1. The molecule has 5 rings (SSSR count). The normalized spacial score (nSPS) is 15.1. The highest BCUT2D eigenvalue weighted by atomic mass is 19.4. The maximum atomic E-state index is 13.8. The number of likely N-dealkylation sites (tertiary alicyclic amines) is 1. The Labute approximate surface area is 260 Å². The molecule has 4 N–H and O–H groups in total. The fraction of sp³-hybridized carbons (Fsp3) is 0.265. The largest absolute Gasteiger partial charge is 0.421 e. The highest BCUT2D eigenvalue weighted by molar-refractivity contribution is 6.00. The SMILES string of the molecule is CC=CN1CCCC(c2cccc(NCc3ccc(Nc4ncc(C(F)(F)F)c(Nc5ccccc5C(=O)NC)n4)cc3)c2)C1. The molecule has 1 atom stereocenters. The van der Waals surface area contributed by atoms with E-state index in [1.54, 1.807) is 12.1 Å². The summed E-state index contributed by atoms with van der Waals surface area (Å²) < 4.78 is 41.4. The van der Waals surface area contributed by atoms with Gasteiger partial charge in [0.1, 0.15) is 11.4 Å². The number of allylic oxidation sites excluding steroid dienone is 1. The fourth-order valence-corrected chi connectivity index (χ4v) is 5.36. The van der Waals surface area contributed by atoms with Gasteiger partial charge in [0.05, 0.1) is 11.3 Å². The molecule has 11 heteroatoms. The maximum absolute atomic E-state index is 13.8. The Morgan fingerprint density at radius 2 is 1.82 bits per heavy atom. The van der Waals surface area contributed by atoms with Crippen LogP contribution < -0.4 is 21.3 Å². The first kappa shape index (κ1) is 31.4. The molecule has 1 aliphatic heterocycles. The lowest BCUT2D eigenvalue weighted by atomic mass is 9.90. The molecule has 8 nitrogen and oxygen atoms in total. The standard InChI is InChI=1S/C34H36F3N7O/c1-3-17-44-18-7-9-25(22-44)24-8-6-10-27(19-24)39-20-23-13-15-26(16-14-23)41-33-40-21-29(34(35,36)37)31(43-33)42-30-12-5-4-11-28(30)32(45)38-2/h3-6,8,10-17,19,21,25,39H,7,9,18,20,22H2,1-2H3,(H,38,45)(H2,40,41,42,43). The van der Waals surface area contributed by atoms with Crippen LogP contribution in [0.3, 0.4) is 0 Å². The van der Waals surface area contributed by atoms with E-state index in [0.29, 0.717) is 18.2 Å². The zero-order chi connectivity index (χ0) is 31.8. The molecule has 0 saturated carbocycles. The van der Waals surface area contributed by atoms with E-state index in [9.17, 15) is 18.0 Å². The first-order valence-corrected chi connectivity index (χ1v) is 14.8. The Morgan fingerprint density at radius 3 is 2.58 bits per heavy atom. The van der Waals surface area contributed by atoms with Crippen LogP contribution in [0.2, 0.25) is 0 Å². The molecule has 234 valence electrons. The second-order valence-electron chi connectivity index (χ2n) is 10.8. The lowest BCUT2D eigenvalue weighted by Crippen LogP contribution is -2.30. The van der Waals surface area contributed by atoms with E-state index in [4.69, 9.17) is 0 Å². The lowest BCUT2D eigenvalue weighted by molar-refractivity contribution is -0.137. The topological polar surface area (TPSA) is 94.2 Å². The van der Waals surface area contributed by atoms with Crippen LogP contribution in [0, 0.1) is 0 Å². The van der Waals surface area contributed by atoms with Gasteiger partial charge in [0.25, 0.3) is 5.91 Å². The molecule has 0 spiro atoms. The highest BCUT2D eigenvalue weighted by Crippen LogP contribution is 2.36. The van der Waals surface area contributed by atoms with Gasteiger partial charge in [-0.05, 0) is 73.5 Å². The summed E-state index contributed by atoms with van der Waals surface area (Å²) in [5.41, 5.74) is 3.34. The third-order valence-electron chi connectivity index (χ3n) is 7.62. The number of alkyl halides is 3. The van der Waals surface area contributed by atoms with Crippen LogP contribution >= 0.6 is 0 Å². The van der Waals surface area contributed by atoms with Gasteiger partial charge in [0, 0.05) is 50.2 Å². The number of piperidine rings is 1. The monoisotopic (exact) mass is 615 g/mol. The molecule has 45 heavy (non-hydrogen) atoms. The van der Waals surface area contributed by atoms with Gasteiger partial charge in [0.15, 0.2) is 0 Å². The smallest absolute Gasteiger partial charge is 0.381 e. The van der Waals surface area contributed by atoms with Crippen molar-refractivity contribution in [1.82, 2.24) is 20.2 Å². The molecule has 0 radical (unpaired) electrons. The average Bonchev–Trinajstić information content (AvgIpc) is 3.04. The quantitative estimate of drug-likeness (QED) is 0.146. The van der Waals surface area contributed by atoms with E-state index in [1.165, 1.54) is 37.6 Å². The van der Waals surface area contributed by atoms with Crippen molar-refractivity contribution >= 4 is 34.7 Å². The lowest BCUT2D eigenvalue weighted by Gasteiger charge is -2.32. The Balaban J connectivity index is 1.25. The van der Waals surface area contributed by atoms with Gasteiger partial charge in [-0.1, -0.05) is 42.5 Å². The molecule has 1 fully saturated rings. The summed E-state index contributed by atoms with van der Waals surface area (Å²) in [6.45, 7) is 4.77. The Hall–Kier alpha value is -5.06. The summed E-state index contributed by atoms with van der Waals surface area (Å²) >= 11 is 0. The third-order valence-corrected chi connectivity index (χ3v) is 7.62. The molecular formula is C34H36F3N7O. The van der Waals surface area contributed by atoms with Crippen molar-refractivity contribution in [3.05, 3.63) is 114 Å². The fourth-order valence-electron chi connectivity index (χ4n) is 5.36. The molecule has 1 amide bonds. The van der Waals surface area contributed by atoms with Crippen LogP contribution in [0.15, 0.2) is 91.3 Å². The van der Waals surface area contributed by atoms with Crippen molar-refractivity contribution < 1.29 is 18.0 Å². The van der Waals surface area contributed by atoms with Crippen LogP contribution in [0.5, 0.6) is 0 Å². The number of halogens is 3. The Bertz CT molecular complexity index is 1640. The van der Waals surface area contributed by atoms with Crippen molar-refractivity contribution in [3.8, 4) is 0 Å². The molecule has 1 saturated heterocycles. The minimum atomic E-state index is -4.71. The summed E-state index contributed by atoms with van der Waals surface area (Å²) in [6, 6.07) is 22.3. The molecular weight excluding hydrogens is 579 g/mol. The van der Waals surface area contributed by atoms with E-state index in [1.807, 2.05) is 31.2 Å². The summed E-state index contributed by atoms with van der Waals surface area (Å²) in [5, 5.41) is 11.6. The zero-order valence-corrected chi connectivity index (χ0v) is 25.2. The third kappa shape index (κ3) is 8.11. The number of anilines is 5. The number of para-hydroxylation sites is 1. The van der Waals surface area contributed by atoms with Crippen molar-refractivity contribution in [1.29, 1.82) is 0 Å². The van der Waals surface area contributed by atoms with Gasteiger partial charge in [-0.15, -0.1) is 0 Å². The number of aromatic nitrogens is 2. The summed E-state index contributed by atoms with van der Waals surface area (Å²) in [4.78, 5) is 22.6. The van der Waals surface area contributed by atoms with Crippen LogP contribution in [-0.4, -0.2) is 40.9 Å². The van der Waals surface area contributed by atoms with E-state index >= 15 is 0 Å². The van der Waals surface area contributed by atoms with Crippen LogP contribution in [0.25, 0.3) is 0 Å². The summed E-state index contributed by atoms with van der Waals surface area (Å²) in [5.74, 6) is -0.443. The van der Waals surface area contributed by atoms with E-state index < -0.39 is 23.5 Å².